The van der Waals surface area contributed by atoms with Gasteiger partial charge in [-0.05, 0) is 32.0 Å². The summed E-state index contributed by atoms with van der Waals surface area (Å²) in [6, 6.07) is 5.52. The quantitative estimate of drug-likeness (QED) is 0.597. The molecule has 0 saturated carbocycles. The minimum absolute atomic E-state index is 0.0260. The molecule has 0 spiro atoms. The summed E-state index contributed by atoms with van der Waals surface area (Å²) in [6.07, 6.45) is 0. The molecular weight excluding hydrogens is 382 g/mol. The fourth-order valence-electron chi connectivity index (χ4n) is 2.60. The van der Waals surface area contributed by atoms with E-state index in [1.165, 1.54) is 11.3 Å². The molecule has 0 atom stereocenters. The Labute approximate surface area is 165 Å². The van der Waals surface area contributed by atoms with Crippen molar-refractivity contribution in [2.45, 2.75) is 33.6 Å². The molecule has 0 radical (unpaired) electrons. The number of aryl methyl sites for hydroxylation is 1. The molecule has 0 aliphatic carbocycles. The van der Waals surface area contributed by atoms with Gasteiger partial charge in [-0.3, -0.25) is 10.1 Å². The maximum Gasteiger partial charge on any atom is 0.344 e. The smallest absolute Gasteiger partial charge is 0.344 e. The number of nitrogens with one attached hydrogen (secondary N) is 1. The van der Waals surface area contributed by atoms with Crippen LogP contribution >= 0.6 is 11.3 Å². The van der Waals surface area contributed by atoms with Crippen molar-refractivity contribution >= 4 is 38.6 Å². The molecule has 2 heterocycles. The lowest BCUT2D eigenvalue weighted by Crippen LogP contribution is -2.21. The van der Waals surface area contributed by atoms with Gasteiger partial charge in [-0.2, -0.15) is 0 Å². The molecule has 0 saturated heterocycles. The highest BCUT2D eigenvalue weighted by Gasteiger charge is 2.24. The number of benzene rings is 1. The first-order valence-corrected chi connectivity index (χ1v) is 9.67. The highest BCUT2D eigenvalue weighted by molar-refractivity contribution is 7.22. The standard InChI is InChI=1S/C19H21N3O5S/c1-5-25-12-6-7-13-14(8-12)28-19(20-13)21-15(23)9-26-18(24)16-11(4)22-27-17(16)10(2)3/h6-8,10H,5,9H2,1-4H3,(H,20,21,23). The number of rotatable bonds is 7. The number of nitrogens with zero attached hydrogens (tertiary/aromatic N) is 2. The fourth-order valence-corrected chi connectivity index (χ4v) is 3.51. The van der Waals surface area contributed by atoms with E-state index in [0.717, 1.165) is 16.0 Å². The van der Waals surface area contributed by atoms with Crippen molar-refractivity contribution in [2.24, 2.45) is 0 Å². The maximum absolute atomic E-state index is 12.3. The number of hydrogen-bond acceptors (Lipinski definition) is 8. The summed E-state index contributed by atoms with van der Waals surface area (Å²) in [5, 5.41) is 6.87. The molecule has 28 heavy (non-hydrogen) atoms. The van der Waals surface area contributed by atoms with E-state index in [1.54, 1.807) is 6.92 Å². The van der Waals surface area contributed by atoms with Gasteiger partial charge in [0.15, 0.2) is 17.5 Å². The predicted octanol–water partition coefficient (Wildman–Crippen LogP) is 3.91. The number of anilines is 1. The zero-order valence-corrected chi connectivity index (χ0v) is 16.9. The second-order valence-corrected chi connectivity index (χ2v) is 7.40. The van der Waals surface area contributed by atoms with Crippen molar-refractivity contribution in [3.05, 3.63) is 35.2 Å². The summed E-state index contributed by atoms with van der Waals surface area (Å²) in [6.45, 7) is 7.48. The van der Waals surface area contributed by atoms with E-state index >= 15 is 0 Å². The lowest BCUT2D eigenvalue weighted by molar-refractivity contribution is -0.119. The monoisotopic (exact) mass is 403 g/mol. The van der Waals surface area contributed by atoms with Crippen molar-refractivity contribution in [3.63, 3.8) is 0 Å². The van der Waals surface area contributed by atoms with Crippen LogP contribution in [0.2, 0.25) is 0 Å². The Morgan fingerprint density at radius 1 is 1.32 bits per heavy atom. The Bertz CT molecular complexity index is 1010. The SMILES string of the molecule is CCOc1ccc2nc(NC(=O)COC(=O)c3c(C)noc3C(C)C)sc2c1. The van der Waals surface area contributed by atoms with Crippen molar-refractivity contribution in [3.8, 4) is 5.75 Å². The molecule has 8 nitrogen and oxygen atoms in total. The van der Waals surface area contributed by atoms with Gasteiger partial charge in [0, 0.05) is 5.92 Å². The van der Waals surface area contributed by atoms with Crippen LogP contribution in [0.3, 0.4) is 0 Å². The van der Waals surface area contributed by atoms with E-state index in [1.807, 2.05) is 39.0 Å². The van der Waals surface area contributed by atoms with Gasteiger partial charge < -0.3 is 14.0 Å². The summed E-state index contributed by atoms with van der Waals surface area (Å²) >= 11 is 1.32. The number of fused-ring (bicyclic) bond motifs is 1. The molecule has 0 aliphatic rings. The summed E-state index contributed by atoms with van der Waals surface area (Å²) < 4.78 is 16.6. The van der Waals surface area contributed by atoms with Crippen LogP contribution in [-0.4, -0.2) is 35.2 Å². The lowest BCUT2D eigenvalue weighted by Gasteiger charge is -2.06. The van der Waals surface area contributed by atoms with Gasteiger partial charge in [-0.1, -0.05) is 30.3 Å². The summed E-state index contributed by atoms with van der Waals surface area (Å²) in [7, 11) is 0. The van der Waals surface area contributed by atoms with Gasteiger partial charge in [0.05, 0.1) is 22.5 Å². The van der Waals surface area contributed by atoms with E-state index in [0.29, 0.717) is 23.2 Å². The molecule has 1 N–H and O–H groups in total. The molecule has 0 unspecified atom stereocenters. The van der Waals surface area contributed by atoms with Gasteiger partial charge in [0.2, 0.25) is 0 Å². The summed E-state index contributed by atoms with van der Waals surface area (Å²) in [4.78, 5) is 28.8. The van der Waals surface area contributed by atoms with Gasteiger partial charge in [-0.25, -0.2) is 9.78 Å². The molecule has 0 fully saturated rings. The molecule has 0 aliphatic heterocycles. The van der Waals surface area contributed by atoms with E-state index in [9.17, 15) is 9.59 Å². The molecule has 148 valence electrons. The summed E-state index contributed by atoms with van der Waals surface area (Å²) in [5.74, 6) is 0.0532. The van der Waals surface area contributed by atoms with Crippen LogP contribution in [-0.2, 0) is 9.53 Å². The van der Waals surface area contributed by atoms with E-state index in [2.05, 4.69) is 15.5 Å². The van der Waals surface area contributed by atoms with E-state index in [-0.39, 0.29) is 11.5 Å². The fraction of sp³-hybridized carbons (Fsp3) is 0.368. The highest BCUT2D eigenvalue weighted by atomic mass is 32.1. The number of hydrogen-bond donors (Lipinski definition) is 1. The Hall–Kier alpha value is -2.94. The third-order valence-electron chi connectivity index (χ3n) is 3.87. The number of ether oxygens (including phenoxy) is 2. The average Bonchev–Trinajstić information content (AvgIpc) is 3.22. The van der Waals surface area contributed by atoms with Gasteiger partial charge in [0.1, 0.15) is 11.3 Å². The van der Waals surface area contributed by atoms with Crippen molar-refractivity contribution in [1.82, 2.24) is 10.1 Å². The number of carbonyl (C=O) groups excluding carboxylic acids is 2. The van der Waals surface area contributed by atoms with Crippen LogP contribution in [0.15, 0.2) is 22.7 Å². The zero-order chi connectivity index (χ0) is 20.3. The van der Waals surface area contributed by atoms with E-state index in [4.69, 9.17) is 14.0 Å². The first-order valence-electron chi connectivity index (χ1n) is 8.85. The molecule has 3 rings (SSSR count). The van der Waals surface area contributed by atoms with Crippen molar-refractivity contribution < 1.29 is 23.6 Å². The lowest BCUT2D eigenvalue weighted by atomic mass is 10.1. The van der Waals surface area contributed by atoms with Crippen LogP contribution in [0.1, 0.15) is 48.5 Å². The minimum atomic E-state index is -0.636. The van der Waals surface area contributed by atoms with Gasteiger partial charge >= 0.3 is 5.97 Å². The normalized spacial score (nSPS) is 11.0. The van der Waals surface area contributed by atoms with Crippen LogP contribution in [0, 0.1) is 6.92 Å². The Morgan fingerprint density at radius 3 is 2.82 bits per heavy atom. The Balaban J connectivity index is 1.62. The number of esters is 1. The highest BCUT2D eigenvalue weighted by Crippen LogP contribution is 2.29. The average molecular weight is 403 g/mol. The van der Waals surface area contributed by atoms with Crippen molar-refractivity contribution in [2.75, 3.05) is 18.5 Å². The van der Waals surface area contributed by atoms with Crippen LogP contribution < -0.4 is 10.1 Å². The maximum atomic E-state index is 12.3. The second-order valence-electron chi connectivity index (χ2n) is 6.37. The topological polar surface area (TPSA) is 104 Å². The van der Waals surface area contributed by atoms with Crippen LogP contribution in [0.4, 0.5) is 5.13 Å². The Morgan fingerprint density at radius 2 is 2.11 bits per heavy atom. The molecule has 2 aromatic heterocycles. The Kier molecular flexibility index (Phi) is 5.93. The number of carbonyl (C=O) groups is 2. The first kappa shape index (κ1) is 19.8. The molecule has 0 bridgehead atoms. The second kappa shape index (κ2) is 8.39. The first-order chi connectivity index (χ1) is 13.4. The number of amides is 1. The largest absolute Gasteiger partial charge is 0.494 e. The number of aromatic nitrogens is 2. The zero-order valence-electron chi connectivity index (χ0n) is 16.1. The predicted molar refractivity (Wildman–Crippen MR) is 105 cm³/mol. The molecule has 1 amide bonds. The molecule has 1 aromatic carbocycles. The van der Waals surface area contributed by atoms with Crippen molar-refractivity contribution in [1.29, 1.82) is 0 Å². The van der Waals surface area contributed by atoms with Gasteiger partial charge in [-0.15, -0.1) is 0 Å². The molecule has 3 aromatic rings. The molecular formula is C19H21N3O5S. The van der Waals surface area contributed by atoms with Gasteiger partial charge in [0.25, 0.3) is 5.91 Å². The third kappa shape index (κ3) is 4.30. The van der Waals surface area contributed by atoms with Crippen LogP contribution in [0.25, 0.3) is 10.2 Å². The van der Waals surface area contributed by atoms with E-state index < -0.39 is 18.5 Å². The van der Waals surface area contributed by atoms with Crippen LogP contribution in [0.5, 0.6) is 5.75 Å². The minimum Gasteiger partial charge on any atom is -0.494 e. The number of thiazole rings is 1. The third-order valence-corrected chi connectivity index (χ3v) is 4.80. The summed E-state index contributed by atoms with van der Waals surface area (Å²) in [5.41, 5.74) is 1.46. The molecule has 9 heteroatoms.